The third kappa shape index (κ3) is 2.93. The molecule has 3 fully saturated rings. The molecule has 1 amide bonds. The van der Waals surface area contributed by atoms with Crippen molar-refractivity contribution in [3.63, 3.8) is 0 Å². The highest BCUT2D eigenvalue weighted by Crippen LogP contribution is 2.50. The number of hydrogen-bond donors (Lipinski definition) is 0. The van der Waals surface area contributed by atoms with Crippen LogP contribution in [0.4, 0.5) is 0 Å². The highest BCUT2D eigenvalue weighted by atomic mass is 16.2. The average Bonchev–Trinajstić information content (AvgIpc) is 3.57. The Morgan fingerprint density at radius 2 is 1.92 bits per heavy atom. The molecule has 2 saturated carbocycles. The molecule has 1 saturated heterocycles. The van der Waals surface area contributed by atoms with Crippen LogP contribution in [-0.4, -0.2) is 38.7 Å². The highest BCUT2D eigenvalue weighted by molar-refractivity contribution is 5.91. The van der Waals surface area contributed by atoms with Crippen molar-refractivity contribution in [1.82, 2.24) is 19.7 Å². The Labute approximate surface area is 154 Å². The Morgan fingerprint density at radius 1 is 1.12 bits per heavy atom. The molecule has 5 rings (SSSR count). The van der Waals surface area contributed by atoms with Crippen molar-refractivity contribution in [2.75, 3.05) is 13.1 Å². The van der Waals surface area contributed by atoms with Gasteiger partial charge in [-0.05, 0) is 49.5 Å². The molecule has 5 nitrogen and oxygen atoms in total. The summed E-state index contributed by atoms with van der Waals surface area (Å²) in [7, 11) is 0. The number of benzene rings is 1. The highest BCUT2D eigenvalue weighted by Gasteiger charge is 2.53. The van der Waals surface area contributed by atoms with Gasteiger partial charge in [0.1, 0.15) is 12.2 Å². The molecule has 2 aliphatic carbocycles. The minimum absolute atomic E-state index is 0.234. The zero-order valence-electron chi connectivity index (χ0n) is 15.2. The summed E-state index contributed by atoms with van der Waals surface area (Å²) in [5.41, 5.74) is 0.958. The van der Waals surface area contributed by atoms with E-state index in [2.05, 4.69) is 31.8 Å². The molecule has 2 aromatic rings. The van der Waals surface area contributed by atoms with Gasteiger partial charge in [-0.25, -0.2) is 0 Å². The maximum absolute atomic E-state index is 13.2. The maximum Gasteiger partial charge on any atom is 0.233 e. The molecule has 3 aliphatic rings. The summed E-state index contributed by atoms with van der Waals surface area (Å²) in [6.07, 6.45) is 8.55. The Hall–Kier alpha value is -2.17. The van der Waals surface area contributed by atoms with E-state index in [0.29, 0.717) is 11.8 Å². The van der Waals surface area contributed by atoms with Gasteiger partial charge in [0.05, 0.1) is 5.41 Å². The zero-order chi connectivity index (χ0) is 17.6. The van der Waals surface area contributed by atoms with Gasteiger partial charge in [0.25, 0.3) is 0 Å². The van der Waals surface area contributed by atoms with E-state index in [4.69, 9.17) is 0 Å². The van der Waals surface area contributed by atoms with Crippen molar-refractivity contribution in [2.24, 2.45) is 11.8 Å². The number of likely N-dealkylation sites (tertiary alicyclic amines) is 1. The van der Waals surface area contributed by atoms with Crippen LogP contribution >= 0.6 is 0 Å². The van der Waals surface area contributed by atoms with Crippen LogP contribution < -0.4 is 0 Å². The van der Waals surface area contributed by atoms with Crippen LogP contribution in [0.5, 0.6) is 0 Å². The molecule has 1 atom stereocenters. The predicted octanol–water partition coefficient (Wildman–Crippen LogP) is 2.81. The van der Waals surface area contributed by atoms with Gasteiger partial charge in [-0.2, -0.15) is 0 Å². The van der Waals surface area contributed by atoms with Crippen LogP contribution in [0.1, 0.15) is 43.5 Å². The van der Waals surface area contributed by atoms with Gasteiger partial charge in [-0.1, -0.05) is 30.3 Å². The standard InChI is InChI=1S/C21H26N4O/c26-20(21(9-10-21)18-4-2-1-3-5-18)24-11-8-17(14-24)12-19-23-22-15-25(19)13-16-6-7-16/h1-5,15-17H,6-14H2. The number of carbonyl (C=O) groups is 1. The van der Waals surface area contributed by atoms with Crippen LogP contribution in [0.15, 0.2) is 36.7 Å². The van der Waals surface area contributed by atoms with Crippen molar-refractivity contribution in [3.05, 3.63) is 48.0 Å². The third-order valence-corrected chi connectivity index (χ3v) is 6.38. The Morgan fingerprint density at radius 3 is 2.65 bits per heavy atom. The molecule has 26 heavy (non-hydrogen) atoms. The van der Waals surface area contributed by atoms with E-state index >= 15 is 0 Å². The van der Waals surface area contributed by atoms with Crippen LogP contribution in [-0.2, 0) is 23.2 Å². The van der Waals surface area contributed by atoms with E-state index in [1.165, 1.54) is 18.4 Å². The summed E-state index contributed by atoms with van der Waals surface area (Å²) in [6.45, 7) is 2.81. The van der Waals surface area contributed by atoms with Crippen molar-refractivity contribution < 1.29 is 4.79 Å². The molecule has 136 valence electrons. The molecule has 1 aromatic heterocycles. The average molecular weight is 350 g/mol. The lowest BCUT2D eigenvalue weighted by Crippen LogP contribution is -2.38. The van der Waals surface area contributed by atoms with E-state index in [9.17, 15) is 4.79 Å². The van der Waals surface area contributed by atoms with Crippen molar-refractivity contribution in [3.8, 4) is 0 Å². The first kappa shape index (κ1) is 16.0. The minimum atomic E-state index is -0.234. The van der Waals surface area contributed by atoms with Gasteiger partial charge >= 0.3 is 0 Å². The molecule has 1 aromatic carbocycles. The SMILES string of the molecule is O=C(N1CCC(Cc2nncn2CC2CC2)C1)C1(c2ccccc2)CC1. The topological polar surface area (TPSA) is 51.0 Å². The summed E-state index contributed by atoms with van der Waals surface area (Å²) in [6, 6.07) is 10.3. The molecule has 1 aliphatic heterocycles. The number of aromatic nitrogens is 3. The van der Waals surface area contributed by atoms with Crippen molar-refractivity contribution in [2.45, 2.75) is 50.5 Å². The lowest BCUT2D eigenvalue weighted by molar-refractivity contribution is -0.133. The molecule has 1 unspecified atom stereocenters. The lowest BCUT2D eigenvalue weighted by atomic mass is 9.94. The Bertz CT molecular complexity index is 791. The second kappa shape index (κ2) is 6.22. The van der Waals surface area contributed by atoms with Gasteiger partial charge in [0, 0.05) is 26.1 Å². The predicted molar refractivity (Wildman–Crippen MR) is 98.5 cm³/mol. The first-order valence-corrected chi connectivity index (χ1v) is 9.96. The number of amides is 1. The van der Waals surface area contributed by atoms with Gasteiger partial charge in [-0.3, -0.25) is 4.79 Å². The third-order valence-electron chi connectivity index (χ3n) is 6.38. The largest absolute Gasteiger partial charge is 0.342 e. The normalized spacial score (nSPS) is 24.0. The number of carbonyl (C=O) groups excluding carboxylic acids is 1. The van der Waals surface area contributed by atoms with E-state index in [0.717, 1.165) is 57.1 Å². The fourth-order valence-electron chi connectivity index (χ4n) is 4.42. The summed E-state index contributed by atoms with van der Waals surface area (Å²) in [4.78, 5) is 15.3. The zero-order valence-corrected chi connectivity index (χ0v) is 15.2. The van der Waals surface area contributed by atoms with E-state index in [-0.39, 0.29) is 5.41 Å². The molecule has 2 heterocycles. The number of rotatable bonds is 6. The molecule has 0 N–H and O–H groups in total. The molecule has 5 heteroatoms. The molecular weight excluding hydrogens is 324 g/mol. The maximum atomic E-state index is 13.2. The van der Waals surface area contributed by atoms with Crippen LogP contribution in [0.25, 0.3) is 0 Å². The number of nitrogens with zero attached hydrogens (tertiary/aromatic N) is 4. The van der Waals surface area contributed by atoms with E-state index in [1.54, 1.807) is 0 Å². The molecule has 0 radical (unpaired) electrons. The second-order valence-corrected chi connectivity index (χ2v) is 8.40. The summed E-state index contributed by atoms with van der Waals surface area (Å²) >= 11 is 0. The first-order chi connectivity index (χ1) is 12.7. The second-order valence-electron chi connectivity index (χ2n) is 8.40. The molecule has 0 spiro atoms. The van der Waals surface area contributed by atoms with Crippen LogP contribution in [0, 0.1) is 11.8 Å². The number of hydrogen-bond acceptors (Lipinski definition) is 3. The van der Waals surface area contributed by atoms with Gasteiger partial charge in [0.2, 0.25) is 5.91 Å². The molecule has 0 bridgehead atoms. The van der Waals surface area contributed by atoms with Gasteiger partial charge < -0.3 is 9.47 Å². The van der Waals surface area contributed by atoms with Gasteiger partial charge in [-0.15, -0.1) is 10.2 Å². The van der Waals surface area contributed by atoms with Gasteiger partial charge in [0.15, 0.2) is 0 Å². The summed E-state index contributed by atoms with van der Waals surface area (Å²) in [5.74, 6) is 2.77. The summed E-state index contributed by atoms with van der Waals surface area (Å²) < 4.78 is 2.23. The van der Waals surface area contributed by atoms with Crippen LogP contribution in [0.2, 0.25) is 0 Å². The lowest BCUT2D eigenvalue weighted by Gasteiger charge is -2.23. The smallest absolute Gasteiger partial charge is 0.233 e. The first-order valence-electron chi connectivity index (χ1n) is 9.96. The van der Waals surface area contributed by atoms with E-state index in [1.807, 2.05) is 24.5 Å². The van der Waals surface area contributed by atoms with Crippen molar-refractivity contribution >= 4 is 5.91 Å². The Balaban J connectivity index is 1.23. The monoisotopic (exact) mass is 350 g/mol. The Kier molecular flexibility index (Phi) is 3.84. The fraction of sp³-hybridized carbons (Fsp3) is 0.571. The quantitative estimate of drug-likeness (QED) is 0.805. The van der Waals surface area contributed by atoms with Crippen molar-refractivity contribution in [1.29, 1.82) is 0 Å². The fourth-order valence-corrected chi connectivity index (χ4v) is 4.42. The molecular formula is C21H26N4O. The minimum Gasteiger partial charge on any atom is -0.342 e. The van der Waals surface area contributed by atoms with Crippen LogP contribution in [0.3, 0.4) is 0 Å². The summed E-state index contributed by atoms with van der Waals surface area (Å²) in [5, 5.41) is 8.47. The van der Waals surface area contributed by atoms with E-state index < -0.39 is 0 Å².